The van der Waals surface area contributed by atoms with Gasteiger partial charge in [0.05, 0.1) is 18.5 Å². The molecule has 0 aliphatic heterocycles. The smallest absolute Gasteiger partial charge is 0.227 e. The summed E-state index contributed by atoms with van der Waals surface area (Å²) in [7, 11) is 0. The second-order valence-corrected chi connectivity index (χ2v) is 6.68. The van der Waals surface area contributed by atoms with Crippen LogP contribution in [0.1, 0.15) is 34.6 Å². The van der Waals surface area contributed by atoms with Crippen LogP contribution in [0, 0.1) is 11.2 Å². The third kappa shape index (κ3) is 9.25. The molecule has 0 saturated heterocycles. The maximum Gasteiger partial charge on any atom is 0.227 e. The summed E-state index contributed by atoms with van der Waals surface area (Å²) >= 11 is 0. The second kappa shape index (κ2) is 12.7. The molecule has 8 heteroatoms. The monoisotopic (exact) mass is 494 g/mol. The molecule has 27 heavy (non-hydrogen) atoms. The van der Waals surface area contributed by atoms with Crippen molar-refractivity contribution >= 4 is 35.8 Å². The number of halogens is 2. The number of rotatable bonds is 9. The number of para-hydroxylation sites is 1. The lowest BCUT2D eigenvalue weighted by Crippen LogP contribution is -2.44. The molecule has 0 radical (unpaired) electrons. The van der Waals surface area contributed by atoms with Crippen molar-refractivity contribution in [3.05, 3.63) is 30.1 Å². The van der Waals surface area contributed by atoms with Gasteiger partial charge in [-0.3, -0.25) is 9.79 Å². The highest BCUT2D eigenvalue weighted by Crippen LogP contribution is 2.17. The molecule has 6 nitrogen and oxygen atoms in total. The maximum atomic E-state index is 13.6. The lowest BCUT2D eigenvalue weighted by molar-refractivity contribution is -0.128. The number of benzene rings is 1. The van der Waals surface area contributed by atoms with Crippen molar-refractivity contribution < 1.29 is 13.9 Å². The zero-order valence-electron chi connectivity index (χ0n) is 16.8. The largest absolute Gasteiger partial charge is 0.486 e. The number of nitrogens with one attached hydrogen (secondary N) is 3. The molecule has 154 valence electrons. The predicted octanol–water partition coefficient (Wildman–Crippen LogP) is 2.93. The van der Waals surface area contributed by atoms with Gasteiger partial charge < -0.3 is 20.7 Å². The fraction of sp³-hybridized carbons (Fsp3) is 0.579. The molecule has 1 aromatic carbocycles. The number of guanidine groups is 1. The van der Waals surface area contributed by atoms with E-state index in [1.54, 1.807) is 18.2 Å². The molecule has 0 aromatic heterocycles. The van der Waals surface area contributed by atoms with Gasteiger partial charge >= 0.3 is 0 Å². The standard InChI is InChI=1S/C19H31FN4O2.HI/c1-6-21-17(25)19(4,5)13-24-18(22-7-2)23-12-14(3)26-16-11-9-8-10-15(16)20;/h8-11,14H,6-7,12-13H2,1-5H3,(H,21,25)(H2,22,23,24);1H. The minimum atomic E-state index is -0.604. The van der Waals surface area contributed by atoms with Crippen LogP contribution in [-0.4, -0.2) is 44.1 Å². The fourth-order valence-electron chi connectivity index (χ4n) is 2.13. The number of hydrogen-bond donors (Lipinski definition) is 3. The summed E-state index contributed by atoms with van der Waals surface area (Å²) in [5.41, 5.74) is -0.604. The van der Waals surface area contributed by atoms with E-state index in [0.29, 0.717) is 32.1 Å². The predicted molar refractivity (Wildman–Crippen MR) is 118 cm³/mol. The molecule has 1 atom stereocenters. The molecule has 1 rings (SSSR count). The fourth-order valence-corrected chi connectivity index (χ4v) is 2.13. The average Bonchev–Trinajstić information content (AvgIpc) is 2.59. The van der Waals surface area contributed by atoms with Gasteiger partial charge in [-0.15, -0.1) is 24.0 Å². The first kappa shape index (κ1) is 25.4. The lowest BCUT2D eigenvalue weighted by atomic mass is 9.92. The molecule has 0 fully saturated rings. The van der Waals surface area contributed by atoms with Gasteiger partial charge in [-0.05, 0) is 46.8 Å². The molecular weight excluding hydrogens is 462 g/mol. The zero-order valence-corrected chi connectivity index (χ0v) is 19.1. The Morgan fingerprint density at radius 2 is 1.81 bits per heavy atom. The number of carbonyl (C=O) groups is 1. The van der Waals surface area contributed by atoms with Crippen LogP contribution in [0.4, 0.5) is 4.39 Å². The third-order valence-electron chi connectivity index (χ3n) is 3.65. The van der Waals surface area contributed by atoms with Crippen LogP contribution >= 0.6 is 24.0 Å². The van der Waals surface area contributed by atoms with Crippen LogP contribution in [-0.2, 0) is 4.79 Å². The van der Waals surface area contributed by atoms with Crippen LogP contribution in [0.2, 0.25) is 0 Å². The molecule has 0 aliphatic rings. The van der Waals surface area contributed by atoms with Gasteiger partial charge in [0.15, 0.2) is 17.5 Å². The third-order valence-corrected chi connectivity index (χ3v) is 3.65. The summed E-state index contributed by atoms with van der Waals surface area (Å²) in [5.74, 6) is 0.398. The van der Waals surface area contributed by atoms with Crippen molar-refractivity contribution in [2.75, 3.05) is 26.2 Å². The van der Waals surface area contributed by atoms with E-state index in [2.05, 4.69) is 20.9 Å². The molecule has 0 saturated carbocycles. The van der Waals surface area contributed by atoms with E-state index in [9.17, 15) is 9.18 Å². The van der Waals surface area contributed by atoms with Crippen LogP contribution in [0.5, 0.6) is 5.75 Å². The number of hydrogen-bond acceptors (Lipinski definition) is 3. The van der Waals surface area contributed by atoms with Gasteiger partial charge in [0, 0.05) is 13.1 Å². The van der Waals surface area contributed by atoms with Gasteiger partial charge in [0.25, 0.3) is 0 Å². The maximum absolute atomic E-state index is 13.6. The lowest BCUT2D eigenvalue weighted by Gasteiger charge is -2.22. The summed E-state index contributed by atoms with van der Waals surface area (Å²) in [4.78, 5) is 16.5. The molecule has 3 N–H and O–H groups in total. The van der Waals surface area contributed by atoms with Crippen molar-refractivity contribution in [2.45, 2.75) is 40.7 Å². The Kier molecular flexibility index (Phi) is 12.0. The summed E-state index contributed by atoms with van der Waals surface area (Å²) in [5, 5.41) is 9.12. The highest BCUT2D eigenvalue weighted by molar-refractivity contribution is 14.0. The minimum Gasteiger partial charge on any atom is -0.486 e. The van der Waals surface area contributed by atoms with Crippen LogP contribution in [0.25, 0.3) is 0 Å². The van der Waals surface area contributed by atoms with Crippen LogP contribution in [0.3, 0.4) is 0 Å². The normalized spacial score (nSPS) is 12.6. The summed E-state index contributed by atoms with van der Waals surface area (Å²) < 4.78 is 19.2. The number of nitrogens with zero attached hydrogens (tertiary/aromatic N) is 1. The number of aliphatic imine (C=N–C) groups is 1. The molecule has 1 amide bonds. The van der Waals surface area contributed by atoms with E-state index in [0.717, 1.165) is 0 Å². The Hall–Kier alpha value is -1.58. The SMILES string of the molecule is CCNC(=O)C(C)(C)CN=C(NCC)NCC(C)Oc1ccccc1F.I. The molecule has 1 unspecified atom stereocenters. The first-order valence-corrected chi connectivity index (χ1v) is 9.01. The van der Waals surface area contributed by atoms with Gasteiger partial charge in [-0.25, -0.2) is 4.39 Å². The van der Waals surface area contributed by atoms with E-state index >= 15 is 0 Å². The molecular formula is C19H32FIN4O2. The molecule has 0 heterocycles. The Balaban J connectivity index is 0.00000676. The Morgan fingerprint density at radius 1 is 1.19 bits per heavy atom. The van der Waals surface area contributed by atoms with Crippen LogP contribution < -0.4 is 20.7 Å². The topological polar surface area (TPSA) is 74.8 Å². The van der Waals surface area contributed by atoms with E-state index in [1.807, 2.05) is 34.6 Å². The van der Waals surface area contributed by atoms with E-state index in [1.165, 1.54) is 6.07 Å². The quantitative estimate of drug-likeness (QED) is 0.281. The molecule has 0 spiro atoms. The van der Waals surface area contributed by atoms with Gasteiger partial charge in [-0.2, -0.15) is 0 Å². The number of carbonyl (C=O) groups excluding carboxylic acids is 1. The summed E-state index contributed by atoms with van der Waals surface area (Å²) in [6.45, 7) is 11.5. The van der Waals surface area contributed by atoms with E-state index in [-0.39, 0.29) is 47.6 Å². The average molecular weight is 494 g/mol. The first-order chi connectivity index (χ1) is 12.3. The summed E-state index contributed by atoms with van der Waals surface area (Å²) in [6, 6.07) is 6.31. The first-order valence-electron chi connectivity index (χ1n) is 9.01. The van der Waals surface area contributed by atoms with E-state index in [4.69, 9.17) is 4.74 Å². The van der Waals surface area contributed by atoms with Crippen LogP contribution in [0.15, 0.2) is 29.3 Å². The van der Waals surface area contributed by atoms with Gasteiger partial charge in [-0.1, -0.05) is 12.1 Å². The molecule has 0 aliphatic carbocycles. The number of amides is 1. The summed E-state index contributed by atoms with van der Waals surface area (Å²) in [6.07, 6.45) is -0.257. The zero-order chi connectivity index (χ0) is 19.6. The highest BCUT2D eigenvalue weighted by Gasteiger charge is 2.26. The van der Waals surface area contributed by atoms with Crippen molar-refractivity contribution in [3.8, 4) is 5.75 Å². The van der Waals surface area contributed by atoms with E-state index < -0.39 is 5.41 Å². The van der Waals surface area contributed by atoms with Crippen molar-refractivity contribution in [2.24, 2.45) is 10.4 Å². The van der Waals surface area contributed by atoms with Gasteiger partial charge in [0.1, 0.15) is 6.10 Å². The Morgan fingerprint density at radius 3 is 2.41 bits per heavy atom. The molecule has 1 aromatic rings. The number of ether oxygens (including phenoxy) is 1. The van der Waals surface area contributed by atoms with Crippen molar-refractivity contribution in [1.29, 1.82) is 0 Å². The second-order valence-electron chi connectivity index (χ2n) is 6.68. The Bertz CT molecular complexity index is 611. The highest BCUT2D eigenvalue weighted by atomic mass is 127. The Labute approximate surface area is 178 Å². The van der Waals surface area contributed by atoms with Crippen molar-refractivity contribution in [3.63, 3.8) is 0 Å². The minimum absolute atomic E-state index is 0. The van der Waals surface area contributed by atoms with Gasteiger partial charge in [0.2, 0.25) is 5.91 Å². The molecule has 0 bridgehead atoms. The van der Waals surface area contributed by atoms with Crippen molar-refractivity contribution in [1.82, 2.24) is 16.0 Å².